The Kier molecular flexibility index (Phi) is 3.72. The SMILES string of the molecule is CC(C)(Cc1ccc(Cl)cc1[N+](=O)[O-])C(=O)O. The summed E-state index contributed by atoms with van der Waals surface area (Å²) in [6.07, 6.45) is 0.0792. The van der Waals surface area contributed by atoms with E-state index in [0.717, 1.165) is 0 Å². The Hall–Kier alpha value is -1.62. The van der Waals surface area contributed by atoms with Gasteiger partial charge in [0.05, 0.1) is 10.3 Å². The van der Waals surface area contributed by atoms with Crippen LogP contribution < -0.4 is 0 Å². The average molecular weight is 258 g/mol. The maximum Gasteiger partial charge on any atom is 0.309 e. The number of halogens is 1. The molecule has 17 heavy (non-hydrogen) atoms. The largest absolute Gasteiger partial charge is 0.481 e. The lowest BCUT2D eigenvalue weighted by Crippen LogP contribution is -2.26. The zero-order chi connectivity index (χ0) is 13.2. The molecule has 0 atom stereocenters. The van der Waals surface area contributed by atoms with Crippen molar-refractivity contribution < 1.29 is 14.8 Å². The molecule has 0 aromatic heterocycles. The van der Waals surface area contributed by atoms with Gasteiger partial charge in [-0.3, -0.25) is 14.9 Å². The average Bonchev–Trinajstić information content (AvgIpc) is 2.19. The third kappa shape index (κ3) is 3.17. The number of hydrogen-bond donors (Lipinski definition) is 1. The highest BCUT2D eigenvalue weighted by Gasteiger charge is 2.30. The van der Waals surface area contributed by atoms with Crippen LogP contribution in [0, 0.1) is 15.5 Å². The fraction of sp³-hybridized carbons (Fsp3) is 0.364. The maximum absolute atomic E-state index is 11.0. The number of aliphatic carboxylic acids is 1. The first-order chi connectivity index (χ1) is 7.74. The molecule has 1 aromatic carbocycles. The molecular weight excluding hydrogens is 246 g/mol. The van der Waals surface area contributed by atoms with Gasteiger partial charge in [-0.2, -0.15) is 0 Å². The van der Waals surface area contributed by atoms with E-state index in [4.69, 9.17) is 16.7 Å². The van der Waals surface area contributed by atoms with Crippen LogP contribution in [0.2, 0.25) is 5.02 Å². The van der Waals surface area contributed by atoms with Crippen LogP contribution in [0.25, 0.3) is 0 Å². The molecule has 0 unspecified atom stereocenters. The van der Waals surface area contributed by atoms with Crippen LogP contribution in [0.5, 0.6) is 0 Å². The number of benzene rings is 1. The number of nitro groups is 1. The lowest BCUT2D eigenvalue weighted by Gasteiger charge is -2.18. The first-order valence-electron chi connectivity index (χ1n) is 4.90. The number of carboxylic acids is 1. The first-order valence-corrected chi connectivity index (χ1v) is 5.28. The van der Waals surface area contributed by atoms with E-state index in [1.54, 1.807) is 0 Å². The molecule has 0 aliphatic heterocycles. The highest BCUT2D eigenvalue weighted by atomic mass is 35.5. The van der Waals surface area contributed by atoms with E-state index in [1.807, 2.05) is 0 Å². The molecule has 0 aliphatic rings. The van der Waals surface area contributed by atoms with Crippen molar-refractivity contribution in [2.45, 2.75) is 20.3 Å². The summed E-state index contributed by atoms with van der Waals surface area (Å²) in [4.78, 5) is 21.3. The molecule has 0 saturated carbocycles. The second-order valence-electron chi connectivity index (χ2n) is 4.40. The van der Waals surface area contributed by atoms with Crippen molar-refractivity contribution in [3.8, 4) is 0 Å². The molecule has 5 nitrogen and oxygen atoms in total. The van der Waals surface area contributed by atoms with Gasteiger partial charge in [0.2, 0.25) is 0 Å². The van der Waals surface area contributed by atoms with Crippen molar-refractivity contribution in [3.63, 3.8) is 0 Å². The van der Waals surface area contributed by atoms with E-state index in [-0.39, 0.29) is 17.1 Å². The Morgan fingerprint density at radius 2 is 2.12 bits per heavy atom. The van der Waals surface area contributed by atoms with Gasteiger partial charge in [-0.25, -0.2) is 0 Å². The third-order valence-corrected chi connectivity index (χ3v) is 2.69. The number of carbonyl (C=O) groups is 1. The summed E-state index contributed by atoms with van der Waals surface area (Å²) in [6, 6.07) is 4.24. The summed E-state index contributed by atoms with van der Waals surface area (Å²) in [5.74, 6) is -0.998. The number of hydrogen-bond acceptors (Lipinski definition) is 3. The van der Waals surface area contributed by atoms with Crippen molar-refractivity contribution in [2.24, 2.45) is 5.41 Å². The quantitative estimate of drug-likeness (QED) is 0.664. The van der Waals surface area contributed by atoms with Crippen LogP contribution in [0.15, 0.2) is 18.2 Å². The smallest absolute Gasteiger partial charge is 0.309 e. The van der Waals surface area contributed by atoms with Crippen LogP contribution in [-0.2, 0) is 11.2 Å². The van der Waals surface area contributed by atoms with Crippen molar-refractivity contribution >= 4 is 23.3 Å². The zero-order valence-corrected chi connectivity index (χ0v) is 10.2. The van der Waals surface area contributed by atoms with Gasteiger partial charge in [0.1, 0.15) is 0 Å². The third-order valence-electron chi connectivity index (χ3n) is 2.46. The summed E-state index contributed by atoms with van der Waals surface area (Å²) in [5, 5.41) is 20.1. The summed E-state index contributed by atoms with van der Waals surface area (Å²) < 4.78 is 0. The number of rotatable bonds is 4. The maximum atomic E-state index is 11.0. The molecule has 1 N–H and O–H groups in total. The van der Waals surface area contributed by atoms with Crippen molar-refractivity contribution in [1.82, 2.24) is 0 Å². The van der Waals surface area contributed by atoms with Gasteiger partial charge < -0.3 is 5.11 Å². The molecule has 6 heteroatoms. The minimum atomic E-state index is -1.06. The summed E-state index contributed by atoms with van der Waals surface area (Å²) >= 11 is 5.67. The summed E-state index contributed by atoms with van der Waals surface area (Å²) in [6.45, 7) is 3.04. The Morgan fingerprint density at radius 1 is 1.53 bits per heavy atom. The van der Waals surface area contributed by atoms with Gasteiger partial charge in [-0.15, -0.1) is 0 Å². The van der Waals surface area contributed by atoms with Crippen LogP contribution in [0.3, 0.4) is 0 Å². The highest BCUT2D eigenvalue weighted by molar-refractivity contribution is 6.30. The number of nitrogens with zero attached hydrogens (tertiary/aromatic N) is 1. The Bertz CT molecular complexity index is 471. The summed E-state index contributed by atoms with van der Waals surface area (Å²) in [7, 11) is 0. The minimum absolute atomic E-state index is 0.0792. The first kappa shape index (κ1) is 13.4. The lowest BCUT2D eigenvalue weighted by atomic mass is 9.85. The van der Waals surface area contributed by atoms with Gasteiger partial charge in [-0.1, -0.05) is 17.7 Å². The van der Waals surface area contributed by atoms with Gasteiger partial charge in [0.15, 0.2) is 0 Å². The number of carboxylic acid groups (broad SMARTS) is 1. The predicted molar refractivity (Wildman–Crippen MR) is 63.2 cm³/mol. The Balaban J connectivity index is 3.15. The van der Waals surface area contributed by atoms with E-state index in [2.05, 4.69) is 0 Å². The van der Waals surface area contributed by atoms with E-state index in [0.29, 0.717) is 5.56 Å². The molecule has 1 rings (SSSR count). The molecule has 0 saturated heterocycles. The van der Waals surface area contributed by atoms with E-state index in [1.165, 1.54) is 32.0 Å². The van der Waals surface area contributed by atoms with Crippen LogP contribution in [0.4, 0.5) is 5.69 Å². The molecule has 0 bridgehead atoms. The molecule has 0 fully saturated rings. The molecule has 0 aliphatic carbocycles. The molecule has 92 valence electrons. The zero-order valence-electron chi connectivity index (χ0n) is 9.44. The van der Waals surface area contributed by atoms with Crippen LogP contribution in [-0.4, -0.2) is 16.0 Å². The van der Waals surface area contributed by atoms with Crippen LogP contribution in [0.1, 0.15) is 19.4 Å². The standard InChI is InChI=1S/C11H12ClNO4/c1-11(2,10(14)15)6-7-3-4-8(12)5-9(7)13(16)17/h3-5H,6H2,1-2H3,(H,14,15). The normalized spacial score (nSPS) is 11.2. The van der Waals surface area contributed by atoms with Crippen molar-refractivity contribution in [2.75, 3.05) is 0 Å². The molecule has 0 amide bonds. The fourth-order valence-electron chi connectivity index (χ4n) is 1.41. The van der Waals surface area contributed by atoms with E-state index >= 15 is 0 Å². The molecule has 0 spiro atoms. The van der Waals surface area contributed by atoms with Gasteiger partial charge in [0.25, 0.3) is 5.69 Å². The molecule has 0 heterocycles. The van der Waals surface area contributed by atoms with Crippen molar-refractivity contribution in [1.29, 1.82) is 0 Å². The lowest BCUT2D eigenvalue weighted by molar-refractivity contribution is -0.385. The number of nitro benzene ring substituents is 1. The summed E-state index contributed by atoms with van der Waals surface area (Å²) in [5.41, 5.74) is -0.836. The molecule has 1 aromatic rings. The van der Waals surface area contributed by atoms with Gasteiger partial charge >= 0.3 is 5.97 Å². The Labute approximate surface area is 103 Å². The fourth-order valence-corrected chi connectivity index (χ4v) is 1.57. The second kappa shape index (κ2) is 4.71. The molecular formula is C11H12ClNO4. The molecule has 0 radical (unpaired) electrons. The van der Waals surface area contributed by atoms with Gasteiger partial charge in [0, 0.05) is 16.7 Å². The monoisotopic (exact) mass is 257 g/mol. The minimum Gasteiger partial charge on any atom is -0.481 e. The highest BCUT2D eigenvalue weighted by Crippen LogP contribution is 2.30. The van der Waals surface area contributed by atoms with E-state index < -0.39 is 16.3 Å². The van der Waals surface area contributed by atoms with Crippen LogP contribution >= 0.6 is 11.6 Å². The second-order valence-corrected chi connectivity index (χ2v) is 4.83. The predicted octanol–water partition coefficient (Wildman–Crippen LogP) is 2.90. The Morgan fingerprint density at radius 3 is 2.59 bits per heavy atom. The van der Waals surface area contributed by atoms with Gasteiger partial charge in [-0.05, 0) is 26.3 Å². The van der Waals surface area contributed by atoms with E-state index in [9.17, 15) is 14.9 Å². The van der Waals surface area contributed by atoms with Crippen molar-refractivity contribution in [3.05, 3.63) is 38.9 Å². The topological polar surface area (TPSA) is 80.4 Å².